The van der Waals surface area contributed by atoms with Gasteiger partial charge < -0.3 is 4.90 Å². The van der Waals surface area contributed by atoms with Gasteiger partial charge >= 0.3 is 0 Å². The molecule has 0 bridgehead atoms. The van der Waals surface area contributed by atoms with Gasteiger partial charge in [-0.25, -0.2) is 0 Å². The van der Waals surface area contributed by atoms with Crippen molar-refractivity contribution in [1.29, 1.82) is 0 Å². The van der Waals surface area contributed by atoms with E-state index in [9.17, 15) is 4.79 Å². The molecule has 0 spiro atoms. The number of carbonyl (C=O) groups excluding carboxylic acids is 1. The fourth-order valence-corrected chi connectivity index (χ4v) is 1.02. The van der Waals surface area contributed by atoms with E-state index in [1.165, 1.54) is 0 Å². The van der Waals surface area contributed by atoms with Crippen LogP contribution in [0.15, 0.2) is 36.1 Å². The quantitative estimate of drug-likeness (QED) is 0.433. The largest absolute Gasteiger partial charge is 0.370 e. The van der Waals surface area contributed by atoms with Gasteiger partial charge in [0.25, 0.3) is 0 Å². The molecule has 0 unspecified atom stereocenters. The molecule has 2 nitrogen and oxygen atoms in total. The first kappa shape index (κ1) is 7.79. The Labute approximate surface area is 66.5 Å². The zero-order valence-corrected chi connectivity index (χ0v) is 6.58. The molecule has 0 fully saturated rings. The van der Waals surface area contributed by atoms with E-state index < -0.39 is 0 Å². The van der Waals surface area contributed by atoms with Gasteiger partial charge in [0, 0.05) is 24.9 Å². The predicted octanol–water partition coefficient (Wildman–Crippen LogP) is 1.13. The molecule has 0 atom stereocenters. The van der Waals surface area contributed by atoms with Crippen LogP contribution in [0, 0.1) is 0 Å². The second-order valence-electron chi connectivity index (χ2n) is 2.50. The Morgan fingerprint density at radius 3 is 3.09 bits per heavy atom. The van der Waals surface area contributed by atoms with Crippen LogP contribution < -0.4 is 0 Å². The fourth-order valence-electron chi connectivity index (χ4n) is 1.02. The summed E-state index contributed by atoms with van der Waals surface area (Å²) in [6, 6.07) is 0. The molecule has 1 aliphatic heterocycles. The Kier molecular flexibility index (Phi) is 2.26. The number of rotatable bonds is 2. The van der Waals surface area contributed by atoms with Crippen LogP contribution in [0.25, 0.3) is 0 Å². The maximum atomic E-state index is 10.4. The molecule has 1 aliphatic rings. The van der Waals surface area contributed by atoms with Gasteiger partial charge in [0.05, 0.1) is 0 Å². The van der Waals surface area contributed by atoms with Crippen molar-refractivity contribution in [3.63, 3.8) is 0 Å². The summed E-state index contributed by atoms with van der Waals surface area (Å²) in [6.07, 6.45) is 6.63. The summed E-state index contributed by atoms with van der Waals surface area (Å²) >= 11 is 0. The topological polar surface area (TPSA) is 20.3 Å². The van der Waals surface area contributed by atoms with Gasteiger partial charge in [0.2, 0.25) is 0 Å². The van der Waals surface area contributed by atoms with Crippen LogP contribution in [-0.4, -0.2) is 24.8 Å². The predicted molar refractivity (Wildman–Crippen MR) is 45.1 cm³/mol. The van der Waals surface area contributed by atoms with Crippen LogP contribution >= 0.6 is 0 Å². The highest BCUT2D eigenvalue weighted by Crippen LogP contribution is 2.13. The van der Waals surface area contributed by atoms with E-state index in [0.717, 1.165) is 18.5 Å². The van der Waals surface area contributed by atoms with Gasteiger partial charge in [-0.1, -0.05) is 18.7 Å². The van der Waals surface area contributed by atoms with Gasteiger partial charge in [-0.3, -0.25) is 4.79 Å². The molecular weight excluding hydrogens is 138 g/mol. The van der Waals surface area contributed by atoms with Gasteiger partial charge in [-0.05, 0) is 6.08 Å². The molecule has 1 rings (SSSR count). The highest BCUT2D eigenvalue weighted by atomic mass is 16.1. The number of hydrogen-bond acceptors (Lipinski definition) is 2. The minimum atomic E-state index is 0.539. The number of aldehydes is 1. The third-order valence-electron chi connectivity index (χ3n) is 1.65. The third kappa shape index (κ3) is 1.58. The summed E-state index contributed by atoms with van der Waals surface area (Å²) < 4.78 is 0. The minimum absolute atomic E-state index is 0.539. The summed E-state index contributed by atoms with van der Waals surface area (Å²) in [5, 5.41) is 0. The maximum absolute atomic E-state index is 10.4. The number of likely N-dealkylation sites (N-methyl/N-ethyl adjacent to an activating group) is 1. The molecule has 0 N–H and O–H groups in total. The molecule has 0 aromatic rings. The van der Waals surface area contributed by atoms with Crippen LogP contribution in [-0.2, 0) is 4.79 Å². The maximum Gasteiger partial charge on any atom is 0.151 e. The van der Waals surface area contributed by atoms with E-state index in [1.54, 1.807) is 0 Å². The normalized spacial score (nSPS) is 16.1. The number of nitrogens with zero attached hydrogens (tertiary/aromatic N) is 1. The highest BCUT2D eigenvalue weighted by molar-refractivity contribution is 5.79. The lowest BCUT2D eigenvalue weighted by Gasteiger charge is -2.22. The summed E-state index contributed by atoms with van der Waals surface area (Å²) in [6.45, 7) is 4.48. The molecule has 11 heavy (non-hydrogen) atoms. The fraction of sp³-hybridized carbons (Fsp3) is 0.222. The highest BCUT2D eigenvalue weighted by Gasteiger charge is 2.07. The van der Waals surface area contributed by atoms with Crippen molar-refractivity contribution in [2.75, 3.05) is 13.6 Å². The molecule has 0 aromatic carbocycles. The zero-order valence-electron chi connectivity index (χ0n) is 6.58. The summed E-state index contributed by atoms with van der Waals surface area (Å²) in [7, 11) is 1.93. The van der Waals surface area contributed by atoms with E-state index in [0.29, 0.717) is 5.57 Å². The van der Waals surface area contributed by atoms with Crippen molar-refractivity contribution >= 4 is 6.29 Å². The second kappa shape index (κ2) is 3.19. The lowest BCUT2D eigenvalue weighted by molar-refractivity contribution is -0.104. The van der Waals surface area contributed by atoms with Crippen molar-refractivity contribution in [2.24, 2.45) is 0 Å². The van der Waals surface area contributed by atoms with Crippen LogP contribution in [0.1, 0.15) is 0 Å². The van der Waals surface area contributed by atoms with E-state index in [4.69, 9.17) is 0 Å². The second-order valence-corrected chi connectivity index (χ2v) is 2.50. The average molecular weight is 149 g/mol. The average Bonchev–Trinajstić information content (AvgIpc) is 2.04. The van der Waals surface area contributed by atoms with Crippen molar-refractivity contribution in [3.05, 3.63) is 36.1 Å². The Bertz CT molecular complexity index is 238. The summed E-state index contributed by atoms with van der Waals surface area (Å²) in [4.78, 5) is 12.3. The smallest absolute Gasteiger partial charge is 0.151 e. The van der Waals surface area contributed by atoms with Gasteiger partial charge in [0.15, 0.2) is 6.29 Å². The van der Waals surface area contributed by atoms with Gasteiger partial charge in [-0.15, -0.1) is 0 Å². The number of allylic oxidation sites excluding steroid dienone is 3. The van der Waals surface area contributed by atoms with Gasteiger partial charge in [0.1, 0.15) is 0 Å². The first-order valence-electron chi connectivity index (χ1n) is 3.48. The Morgan fingerprint density at radius 2 is 2.55 bits per heavy atom. The summed E-state index contributed by atoms with van der Waals surface area (Å²) in [5.74, 6) is 0. The van der Waals surface area contributed by atoms with Crippen LogP contribution in [0.3, 0.4) is 0 Å². The number of hydrogen-bond donors (Lipinski definition) is 0. The molecule has 0 amide bonds. The molecule has 2 heteroatoms. The number of carbonyl (C=O) groups is 1. The molecule has 0 aliphatic carbocycles. The first-order chi connectivity index (χ1) is 5.25. The van der Waals surface area contributed by atoms with Crippen LogP contribution in [0.2, 0.25) is 0 Å². The Balaban J connectivity index is 2.83. The van der Waals surface area contributed by atoms with Gasteiger partial charge in [-0.2, -0.15) is 0 Å². The van der Waals surface area contributed by atoms with E-state index >= 15 is 0 Å². The SMILES string of the molecule is C=C(C=O)C1=CC=CCN1C. The van der Waals surface area contributed by atoms with Crippen molar-refractivity contribution in [2.45, 2.75) is 0 Å². The lowest BCUT2D eigenvalue weighted by atomic mass is 10.1. The molecule has 58 valence electrons. The molecule has 0 saturated heterocycles. The molecular formula is C9H11NO. The van der Waals surface area contributed by atoms with E-state index in [-0.39, 0.29) is 0 Å². The molecule has 0 saturated carbocycles. The Hall–Kier alpha value is -1.31. The molecule has 0 radical (unpaired) electrons. The van der Waals surface area contributed by atoms with Crippen molar-refractivity contribution in [3.8, 4) is 0 Å². The standard InChI is InChI=1S/C9H11NO/c1-8(7-11)9-5-3-4-6-10(9)2/h3-5,7H,1,6H2,2H3. The van der Waals surface area contributed by atoms with Crippen molar-refractivity contribution in [1.82, 2.24) is 4.90 Å². The monoisotopic (exact) mass is 149 g/mol. The van der Waals surface area contributed by atoms with E-state index in [2.05, 4.69) is 6.58 Å². The Morgan fingerprint density at radius 1 is 1.82 bits per heavy atom. The van der Waals surface area contributed by atoms with Crippen molar-refractivity contribution < 1.29 is 4.79 Å². The molecule has 0 aromatic heterocycles. The third-order valence-corrected chi connectivity index (χ3v) is 1.65. The lowest BCUT2D eigenvalue weighted by Crippen LogP contribution is -2.21. The van der Waals surface area contributed by atoms with E-state index in [1.807, 2.05) is 30.2 Å². The van der Waals surface area contributed by atoms with Crippen LogP contribution in [0.5, 0.6) is 0 Å². The van der Waals surface area contributed by atoms with Crippen LogP contribution in [0.4, 0.5) is 0 Å². The summed E-state index contributed by atoms with van der Waals surface area (Å²) in [5.41, 5.74) is 1.44. The zero-order chi connectivity index (χ0) is 8.27. The minimum Gasteiger partial charge on any atom is -0.370 e. The first-order valence-corrected chi connectivity index (χ1v) is 3.48. The molecule has 1 heterocycles.